The van der Waals surface area contributed by atoms with Crippen molar-refractivity contribution in [1.82, 2.24) is 15.0 Å². The van der Waals surface area contributed by atoms with Gasteiger partial charge in [0.1, 0.15) is 5.82 Å². The van der Waals surface area contributed by atoms with Crippen LogP contribution in [-0.4, -0.2) is 27.7 Å². The summed E-state index contributed by atoms with van der Waals surface area (Å²) in [5, 5.41) is 14.4. The van der Waals surface area contributed by atoms with Crippen LogP contribution in [0.5, 0.6) is 0 Å². The highest BCUT2D eigenvalue weighted by Gasteiger charge is 2.12. The van der Waals surface area contributed by atoms with E-state index in [1.165, 1.54) is 0 Å². The van der Waals surface area contributed by atoms with Crippen LogP contribution < -0.4 is 0 Å². The molecule has 16 heavy (non-hydrogen) atoms. The van der Waals surface area contributed by atoms with Gasteiger partial charge in [0.05, 0.1) is 25.0 Å². The lowest BCUT2D eigenvalue weighted by atomic mass is 10.1. The second-order valence-corrected chi connectivity index (χ2v) is 3.31. The van der Waals surface area contributed by atoms with Gasteiger partial charge in [0.15, 0.2) is 0 Å². The van der Waals surface area contributed by atoms with Gasteiger partial charge >= 0.3 is 0 Å². The van der Waals surface area contributed by atoms with Gasteiger partial charge in [-0.2, -0.15) is 10.4 Å². The predicted molar refractivity (Wildman–Crippen MR) is 59.3 cm³/mol. The molecule has 0 saturated heterocycles. The third-order valence-corrected chi connectivity index (χ3v) is 2.18. The van der Waals surface area contributed by atoms with E-state index in [0.717, 1.165) is 5.82 Å². The Bertz CT molecular complexity index is 417. The lowest BCUT2D eigenvalue weighted by Gasteiger charge is -2.18. The molecule has 2 heterocycles. The second kappa shape index (κ2) is 5.03. The average Bonchev–Trinajstić information content (AvgIpc) is 2.38. The number of hydrazone groups is 1. The monoisotopic (exact) mass is 213 g/mol. The molecule has 2 rings (SSSR count). The van der Waals surface area contributed by atoms with Gasteiger partial charge in [-0.05, 0) is 6.07 Å². The Morgan fingerprint density at radius 3 is 2.81 bits per heavy atom. The van der Waals surface area contributed by atoms with Gasteiger partial charge in [0, 0.05) is 24.8 Å². The minimum Gasteiger partial charge on any atom is -0.272 e. The van der Waals surface area contributed by atoms with Gasteiger partial charge in [-0.3, -0.25) is 5.01 Å². The largest absolute Gasteiger partial charge is 0.272 e. The Kier molecular flexibility index (Phi) is 3.24. The van der Waals surface area contributed by atoms with Gasteiger partial charge in [0.2, 0.25) is 0 Å². The molecule has 0 bridgehead atoms. The summed E-state index contributed by atoms with van der Waals surface area (Å²) in [6.45, 7) is 0.617. The fraction of sp³-hybridized carbons (Fsp3) is 0.273. The van der Waals surface area contributed by atoms with Crippen LogP contribution in [0.25, 0.3) is 0 Å². The molecule has 0 aromatic carbocycles. The second-order valence-electron chi connectivity index (χ2n) is 3.31. The van der Waals surface area contributed by atoms with Crippen LogP contribution in [0.15, 0.2) is 35.8 Å². The number of rotatable bonds is 3. The van der Waals surface area contributed by atoms with Crippen molar-refractivity contribution >= 4 is 6.21 Å². The molecule has 0 aliphatic carbocycles. The summed E-state index contributed by atoms with van der Waals surface area (Å²) >= 11 is 0. The first-order chi connectivity index (χ1) is 7.90. The van der Waals surface area contributed by atoms with Crippen molar-refractivity contribution in [2.24, 2.45) is 5.10 Å². The third-order valence-electron chi connectivity index (χ3n) is 2.18. The molecule has 1 unspecified atom stereocenters. The third kappa shape index (κ3) is 2.42. The predicted octanol–water partition coefficient (Wildman–Crippen LogP) is 1.29. The Hall–Kier alpha value is -2.22. The summed E-state index contributed by atoms with van der Waals surface area (Å²) in [5.41, 5.74) is 0. The van der Waals surface area contributed by atoms with E-state index >= 15 is 0 Å². The molecule has 0 spiro atoms. The summed E-state index contributed by atoms with van der Waals surface area (Å²) in [6, 6.07) is 3.87. The Labute approximate surface area is 93.7 Å². The standard InChI is InChI=1S/C11H11N5/c12-4-1-7-16-8-3-10(9-15-16)11-13-5-2-6-14-11/h2-3,5-6,8-10H,1,7H2. The van der Waals surface area contributed by atoms with Crippen LogP contribution in [0, 0.1) is 11.3 Å². The first-order valence-corrected chi connectivity index (χ1v) is 5.03. The molecule has 0 fully saturated rings. The number of hydrogen-bond acceptors (Lipinski definition) is 5. The molecule has 5 nitrogen and oxygen atoms in total. The van der Waals surface area contributed by atoms with E-state index < -0.39 is 0 Å². The minimum absolute atomic E-state index is 0.0273. The molecule has 0 saturated carbocycles. The van der Waals surface area contributed by atoms with Gasteiger partial charge in [-0.25, -0.2) is 9.97 Å². The molecule has 1 aromatic heterocycles. The summed E-state index contributed by atoms with van der Waals surface area (Å²) in [5.74, 6) is 0.766. The number of hydrogen-bond donors (Lipinski definition) is 0. The fourth-order valence-electron chi connectivity index (χ4n) is 1.37. The maximum Gasteiger partial charge on any atom is 0.140 e. The van der Waals surface area contributed by atoms with Crippen molar-refractivity contribution in [3.63, 3.8) is 0 Å². The molecule has 5 heteroatoms. The van der Waals surface area contributed by atoms with Crippen LogP contribution in [-0.2, 0) is 0 Å². The van der Waals surface area contributed by atoms with Gasteiger partial charge < -0.3 is 0 Å². The minimum atomic E-state index is 0.0273. The maximum absolute atomic E-state index is 8.45. The van der Waals surface area contributed by atoms with Crippen molar-refractivity contribution in [3.8, 4) is 6.07 Å². The van der Waals surface area contributed by atoms with Crippen molar-refractivity contribution in [2.75, 3.05) is 6.54 Å². The number of allylic oxidation sites excluding steroid dienone is 1. The quantitative estimate of drug-likeness (QED) is 0.758. The van der Waals surface area contributed by atoms with E-state index in [0.29, 0.717) is 13.0 Å². The molecule has 1 aromatic rings. The Balaban J connectivity index is 1.99. The lowest BCUT2D eigenvalue weighted by molar-refractivity contribution is 0.402. The van der Waals surface area contributed by atoms with Crippen LogP contribution in [0.1, 0.15) is 18.2 Å². The molecule has 1 aliphatic rings. The van der Waals surface area contributed by atoms with Crippen molar-refractivity contribution in [3.05, 3.63) is 36.6 Å². The molecular formula is C11H11N5. The number of aromatic nitrogens is 2. The van der Waals surface area contributed by atoms with Gasteiger partial charge in [0.25, 0.3) is 0 Å². The summed E-state index contributed by atoms with van der Waals surface area (Å²) in [6.07, 6.45) is 9.51. The number of nitrogens with zero attached hydrogens (tertiary/aromatic N) is 5. The summed E-state index contributed by atoms with van der Waals surface area (Å²) in [4.78, 5) is 8.33. The fourth-order valence-corrected chi connectivity index (χ4v) is 1.37. The summed E-state index contributed by atoms with van der Waals surface area (Å²) in [7, 11) is 0. The zero-order valence-electron chi connectivity index (χ0n) is 8.69. The average molecular weight is 213 g/mol. The van der Waals surface area contributed by atoms with Crippen molar-refractivity contribution in [1.29, 1.82) is 5.26 Å². The van der Waals surface area contributed by atoms with Crippen LogP contribution in [0.3, 0.4) is 0 Å². The zero-order valence-corrected chi connectivity index (χ0v) is 8.69. The molecule has 80 valence electrons. The normalized spacial score (nSPS) is 18.4. The van der Waals surface area contributed by atoms with Crippen LogP contribution >= 0.6 is 0 Å². The molecular weight excluding hydrogens is 202 g/mol. The van der Waals surface area contributed by atoms with E-state index in [2.05, 4.69) is 21.1 Å². The molecule has 0 amide bonds. The van der Waals surface area contributed by atoms with Crippen molar-refractivity contribution < 1.29 is 0 Å². The smallest absolute Gasteiger partial charge is 0.140 e. The van der Waals surface area contributed by atoms with Crippen LogP contribution in [0.2, 0.25) is 0 Å². The van der Waals surface area contributed by atoms with Crippen molar-refractivity contribution in [2.45, 2.75) is 12.3 Å². The van der Waals surface area contributed by atoms with Crippen LogP contribution in [0.4, 0.5) is 0 Å². The highest BCUT2D eigenvalue weighted by Crippen LogP contribution is 2.14. The highest BCUT2D eigenvalue weighted by atomic mass is 15.4. The topological polar surface area (TPSA) is 65.2 Å². The Morgan fingerprint density at radius 1 is 1.38 bits per heavy atom. The maximum atomic E-state index is 8.45. The molecule has 1 aliphatic heterocycles. The molecule has 0 radical (unpaired) electrons. The number of nitriles is 1. The van der Waals surface area contributed by atoms with Gasteiger partial charge in [-0.15, -0.1) is 0 Å². The SMILES string of the molecule is N#CCCN1C=CC(c2ncccn2)C=N1. The highest BCUT2D eigenvalue weighted by molar-refractivity contribution is 5.69. The van der Waals surface area contributed by atoms with E-state index in [4.69, 9.17) is 5.26 Å². The zero-order chi connectivity index (χ0) is 11.2. The van der Waals surface area contributed by atoms with Gasteiger partial charge in [-0.1, -0.05) is 6.08 Å². The summed E-state index contributed by atoms with van der Waals surface area (Å²) < 4.78 is 0. The van der Waals surface area contributed by atoms with E-state index in [-0.39, 0.29) is 5.92 Å². The van der Waals surface area contributed by atoms with E-state index in [9.17, 15) is 0 Å². The van der Waals surface area contributed by atoms with E-state index in [1.54, 1.807) is 29.7 Å². The first kappa shape index (κ1) is 10.3. The molecule has 0 N–H and O–H groups in total. The molecule has 1 atom stereocenters. The lowest BCUT2D eigenvalue weighted by Crippen LogP contribution is -2.17. The Morgan fingerprint density at radius 2 is 2.19 bits per heavy atom. The first-order valence-electron chi connectivity index (χ1n) is 5.03. The van der Waals surface area contributed by atoms with E-state index in [1.807, 2.05) is 12.3 Å².